The van der Waals surface area contributed by atoms with Crippen LogP contribution in [0.4, 0.5) is 18.0 Å². The SMILES string of the molecule is CC(NC(=O)N1CCCN(CC(F)(F)F)CC1)c1cnn(C)c1. The lowest BCUT2D eigenvalue weighted by molar-refractivity contribution is -0.145. The summed E-state index contributed by atoms with van der Waals surface area (Å²) >= 11 is 0. The quantitative estimate of drug-likeness (QED) is 0.917. The Hall–Kier alpha value is -1.77. The largest absolute Gasteiger partial charge is 0.401 e. The number of aryl methyl sites for hydroxylation is 1. The summed E-state index contributed by atoms with van der Waals surface area (Å²) in [7, 11) is 1.79. The number of carbonyl (C=O) groups is 1. The number of carbonyl (C=O) groups excluding carboxylic acids is 1. The van der Waals surface area contributed by atoms with E-state index in [1.165, 1.54) is 4.90 Å². The van der Waals surface area contributed by atoms with E-state index in [9.17, 15) is 18.0 Å². The standard InChI is InChI=1S/C14H22F3N5O/c1-11(12-8-18-20(2)9-12)19-13(23)22-5-3-4-21(6-7-22)10-14(15,16)17/h8-9,11H,3-7,10H2,1-2H3,(H,19,23). The van der Waals surface area contributed by atoms with Crippen LogP contribution in [0.2, 0.25) is 0 Å². The fraction of sp³-hybridized carbons (Fsp3) is 0.714. The number of amides is 2. The van der Waals surface area contributed by atoms with Crippen molar-refractivity contribution in [3.05, 3.63) is 18.0 Å². The third-order valence-electron chi connectivity index (χ3n) is 3.84. The molecule has 2 rings (SSSR count). The van der Waals surface area contributed by atoms with E-state index in [-0.39, 0.29) is 18.6 Å². The maximum Gasteiger partial charge on any atom is 0.401 e. The highest BCUT2D eigenvalue weighted by Crippen LogP contribution is 2.18. The van der Waals surface area contributed by atoms with Crippen LogP contribution in [0.3, 0.4) is 0 Å². The van der Waals surface area contributed by atoms with Gasteiger partial charge >= 0.3 is 12.2 Å². The first-order chi connectivity index (χ1) is 10.7. The van der Waals surface area contributed by atoms with Crippen LogP contribution >= 0.6 is 0 Å². The Morgan fingerprint density at radius 2 is 2.09 bits per heavy atom. The lowest BCUT2D eigenvalue weighted by Gasteiger charge is -2.24. The normalized spacial score (nSPS) is 18.6. The fourth-order valence-electron chi connectivity index (χ4n) is 2.61. The summed E-state index contributed by atoms with van der Waals surface area (Å²) in [5, 5.41) is 6.92. The molecule has 2 heterocycles. The van der Waals surface area contributed by atoms with Crippen molar-refractivity contribution in [2.24, 2.45) is 7.05 Å². The molecule has 1 atom stereocenters. The second-order valence-corrected chi connectivity index (χ2v) is 5.85. The minimum atomic E-state index is -4.20. The van der Waals surface area contributed by atoms with E-state index >= 15 is 0 Å². The van der Waals surface area contributed by atoms with Crippen molar-refractivity contribution >= 4 is 6.03 Å². The molecule has 1 aromatic rings. The highest BCUT2D eigenvalue weighted by atomic mass is 19.4. The minimum absolute atomic E-state index is 0.203. The van der Waals surface area contributed by atoms with Crippen LogP contribution in [0.15, 0.2) is 12.4 Å². The Morgan fingerprint density at radius 3 is 2.70 bits per heavy atom. The fourth-order valence-corrected chi connectivity index (χ4v) is 2.61. The van der Waals surface area contributed by atoms with Crippen molar-refractivity contribution in [1.82, 2.24) is 24.9 Å². The summed E-state index contributed by atoms with van der Waals surface area (Å²) in [4.78, 5) is 15.2. The van der Waals surface area contributed by atoms with Crippen molar-refractivity contribution in [3.63, 3.8) is 0 Å². The Bertz CT molecular complexity index is 531. The number of alkyl halides is 3. The van der Waals surface area contributed by atoms with E-state index in [2.05, 4.69) is 10.4 Å². The summed E-state index contributed by atoms with van der Waals surface area (Å²) in [5.74, 6) is 0. The van der Waals surface area contributed by atoms with Crippen molar-refractivity contribution in [1.29, 1.82) is 0 Å². The average molecular weight is 333 g/mol. The smallest absolute Gasteiger partial charge is 0.331 e. The zero-order valence-electron chi connectivity index (χ0n) is 13.3. The molecule has 1 aliphatic rings. The van der Waals surface area contributed by atoms with Gasteiger partial charge in [0.05, 0.1) is 18.8 Å². The van der Waals surface area contributed by atoms with Gasteiger partial charge in [-0.25, -0.2) is 4.79 Å². The van der Waals surface area contributed by atoms with Gasteiger partial charge in [-0.3, -0.25) is 9.58 Å². The Balaban J connectivity index is 1.85. The van der Waals surface area contributed by atoms with Gasteiger partial charge in [0.25, 0.3) is 0 Å². The van der Waals surface area contributed by atoms with Crippen LogP contribution in [0.1, 0.15) is 24.9 Å². The molecule has 130 valence electrons. The molecule has 0 spiro atoms. The molecule has 0 radical (unpaired) electrons. The highest BCUT2D eigenvalue weighted by molar-refractivity contribution is 5.74. The second-order valence-electron chi connectivity index (χ2n) is 5.85. The number of rotatable bonds is 3. The Kier molecular flexibility index (Phi) is 5.51. The third-order valence-corrected chi connectivity index (χ3v) is 3.84. The summed E-state index contributed by atoms with van der Waals surface area (Å²) in [6, 6.07) is -0.457. The Labute approximate surface area is 133 Å². The van der Waals surface area contributed by atoms with Gasteiger partial charge in [-0.2, -0.15) is 18.3 Å². The third kappa shape index (κ3) is 5.42. The molecule has 1 fully saturated rings. The second kappa shape index (κ2) is 7.20. The summed E-state index contributed by atoms with van der Waals surface area (Å²) in [6.45, 7) is 2.26. The molecule has 0 aliphatic carbocycles. The van der Waals surface area contributed by atoms with E-state index in [4.69, 9.17) is 0 Å². The molecule has 0 bridgehead atoms. The summed E-state index contributed by atoms with van der Waals surface area (Å²) < 4.78 is 39.0. The summed E-state index contributed by atoms with van der Waals surface area (Å²) in [5.41, 5.74) is 0.884. The molecule has 0 saturated carbocycles. The average Bonchev–Trinajstić information content (AvgIpc) is 2.74. The molecular formula is C14H22F3N5O. The van der Waals surface area contributed by atoms with E-state index in [1.54, 1.807) is 22.8 Å². The van der Waals surface area contributed by atoms with Crippen molar-refractivity contribution in [2.45, 2.75) is 25.6 Å². The van der Waals surface area contributed by atoms with E-state index in [0.29, 0.717) is 26.1 Å². The van der Waals surface area contributed by atoms with Crippen LogP contribution in [0, 0.1) is 0 Å². The first-order valence-electron chi connectivity index (χ1n) is 7.58. The van der Waals surface area contributed by atoms with Crippen LogP contribution in [-0.2, 0) is 7.05 Å². The van der Waals surface area contributed by atoms with E-state index < -0.39 is 12.7 Å². The van der Waals surface area contributed by atoms with E-state index in [0.717, 1.165) is 5.56 Å². The summed E-state index contributed by atoms with van der Waals surface area (Å²) in [6.07, 6.45) is -0.173. The van der Waals surface area contributed by atoms with Gasteiger partial charge in [0.1, 0.15) is 0 Å². The number of hydrogen-bond acceptors (Lipinski definition) is 3. The van der Waals surface area contributed by atoms with E-state index in [1.807, 2.05) is 13.1 Å². The van der Waals surface area contributed by atoms with Gasteiger partial charge in [0.15, 0.2) is 0 Å². The number of nitrogens with one attached hydrogen (secondary N) is 1. The molecule has 1 aliphatic heterocycles. The van der Waals surface area contributed by atoms with Crippen LogP contribution in [0.25, 0.3) is 0 Å². The van der Waals surface area contributed by atoms with Crippen molar-refractivity contribution in [3.8, 4) is 0 Å². The lowest BCUT2D eigenvalue weighted by Crippen LogP contribution is -2.43. The number of halogens is 3. The molecule has 6 nitrogen and oxygen atoms in total. The molecule has 9 heteroatoms. The van der Waals surface area contributed by atoms with Crippen LogP contribution in [-0.4, -0.2) is 64.5 Å². The predicted molar refractivity (Wildman–Crippen MR) is 78.8 cm³/mol. The van der Waals surface area contributed by atoms with Gasteiger partial charge in [0, 0.05) is 45.0 Å². The van der Waals surface area contributed by atoms with Gasteiger partial charge in [-0.05, 0) is 13.3 Å². The monoisotopic (exact) mass is 333 g/mol. The number of aromatic nitrogens is 2. The lowest BCUT2D eigenvalue weighted by atomic mass is 10.2. The predicted octanol–water partition coefficient (Wildman–Crippen LogP) is 1.76. The number of urea groups is 1. The Morgan fingerprint density at radius 1 is 1.35 bits per heavy atom. The van der Waals surface area contributed by atoms with Gasteiger partial charge in [-0.1, -0.05) is 0 Å². The van der Waals surface area contributed by atoms with Gasteiger partial charge < -0.3 is 10.2 Å². The maximum absolute atomic E-state index is 12.4. The number of nitrogens with zero attached hydrogens (tertiary/aromatic N) is 4. The molecule has 0 aromatic carbocycles. The van der Waals surface area contributed by atoms with Gasteiger partial charge in [0.2, 0.25) is 0 Å². The first-order valence-corrected chi connectivity index (χ1v) is 7.58. The molecule has 23 heavy (non-hydrogen) atoms. The number of hydrogen-bond donors (Lipinski definition) is 1. The minimum Gasteiger partial charge on any atom is -0.331 e. The highest BCUT2D eigenvalue weighted by Gasteiger charge is 2.32. The molecular weight excluding hydrogens is 311 g/mol. The molecule has 1 aromatic heterocycles. The van der Waals surface area contributed by atoms with Crippen molar-refractivity contribution < 1.29 is 18.0 Å². The van der Waals surface area contributed by atoms with Crippen LogP contribution in [0.5, 0.6) is 0 Å². The zero-order chi connectivity index (χ0) is 17.0. The molecule has 2 amide bonds. The molecule has 1 unspecified atom stereocenters. The first kappa shape index (κ1) is 17.6. The maximum atomic E-state index is 12.4. The zero-order valence-corrected chi connectivity index (χ0v) is 13.3. The van der Waals surface area contributed by atoms with Crippen LogP contribution < -0.4 is 5.32 Å². The molecule has 1 saturated heterocycles. The van der Waals surface area contributed by atoms with Gasteiger partial charge in [-0.15, -0.1) is 0 Å². The van der Waals surface area contributed by atoms with Crippen molar-refractivity contribution in [2.75, 3.05) is 32.7 Å². The molecule has 1 N–H and O–H groups in total. The topological polar surface area (TPSA) is 53.4 Å².